The third kappa shape index (κ3) is 9.61. The van der Waals surface area contributed by atoms with E-state index < -0.39 is 0 Å². The summed E-state index contributed by atoms with van der Waals surface area (Å²) < 4.78 is 0. The van der Waals surface area contributed by atoms with Gasteiger partial charge in [0.1, 0.15) is 0 Å². The molecular formula is C20H20CdN2O2. The largest absolute Gasteiger partial charge is 2.00 e. The van der Waals surface area contributed by atoms with E-state index in [4.69, 9.17) is 0 Å². The minimum atomic E-state index is -0.0433. The van der Waals surface area contributed by atoms with Crippen LogP contribution in [0.4, 0.5) is 11.4 Å². The van der Waals surface area contributed by atoms with Crippen molar-refractivity contribution in [1.82, 2.24) is 0 Å². The Kier molecular flexibility index (Phi) is 12.9. The van der Waals surface area contributed by atoms with Gasteiger partial charge in [0.15, 0.2) is 0 Å². The zero-order valence-electron chi connectivity index (χ0n) is 14.5. The summed E-state index contributed by atoms with van der Waals surface area (Å²) in [5, 5.41) is 22.2. The summed E-state index contributed by atoms with van der Waals surface area (Å²) in [4.78, 5) is 7.94. The molecule has 0 heterocycles. The summed E-state index contributed by atoms with van der Waals surface area (Å²) in [7, 11) is 0. The fourth-order valence-electron chi connectivity index (χ4n) is 1.55. The Hall–Kier alpha value is -2.22. The van der Waals surface area contributed by atoms with Crippen molar-refractivity contribution in [3.63, 3.8) is 0 Å². The Labute approximate surface area is 169 Å². The van der Waals surface area contributed by atoms with Crippen LogP contribution in [0.3, 0.4) is 0 Å². The minimum Gasteiger partial charge on any atom is -0.871 e. The summed E-state index contributed by atoms with van der Waals surface area (Å²) in [5.74, 6) is -0.0866. The Morgan fingerprint density at radius 2 is 1.04 bits per heavy atom. The van der Waals surface area contributed by atoms with Gasteiger partial charge in [-0.15, -0.1) is 0 Å². The van der Waals surface area contributed by atoms with Crippen LogP contribution in [0.2, 0.25) is 0 Å². The molecule has 0 saturated heterocycles. The molecule has 2 rings (SSSR count). The molecule has 0 bridgehead atoms. The third-order valence-electron chi connectivity index (χ3n) is 2.71. The molecule has 0 aromatic heterocycles. The second-order valence-corrected chi connectivity index (χ2v) is 4.54. The van der Waals surface area contributed by atoms with Gasteiger partial charge in [-0.2, -0.15) is 0 Å². The van der Waals surface area contributed by atoms with Crippen LogP contribution in [0.15, 0.2) is 82.8 Å². The van der Waals surface area contributed by atoms with E-state index in [9.17, 15) is 10.2 Å². The molecule has 0 N–H and O–H groups in total. The van der Waals surface area contributed by atoms with Gasteiger partial charge in [0, 0.05) is 12.4 Å². The number of allylic oxidation sites excluding steroid dienone is 4. The average molecular weight is 433 g/mol. The summed E-state index contributed by atoms with van der Waals surface area (Å²) in [6.45, 7) is 3.80. The van der Waals surface area contributed by atoms with Gasteiger partial charge in [-0.25, -0.2) is 0 Å². The molecule has 2 aromatic carbocycles. The molecular weight excluding hydrogens is 413 g/mol. The standard InChI is InChI=1S/2C10H11NO.Cd/c2*1-2-3-8-11-9-6-4-5-7-10(9)12;/h2*2-8,12H,1H3;/q;;+2/p-2/b2*3-2+,11-8?;. The zero-order valence-corrected chi connectivity index (χ0v) is 18.5. The van der Waals surface area contributed by atoms with Crippen LogP contribution in [-0.4, -0.2) is 12.4 Å². The van der Waals surface area contributed by atoms with Crippen LogP contribution >= 0.6 is 0 Å². The van der Waals surface area contributed by atoms with Crippen LogP contribution in [0.5, 0.6) is 11.5 Å². The van der Waals surface area contributed by atoms with Crippen molar-refractivity contribution < 1.29 is 37.5 Å². The van der Waals surface area contributed by atoms with Crippen LogP contribution in [-0.2, 0) is 27.3 Å². The maximum atomic E-state index is 11.1. The molecule has 0 saturated carbocycles. The summed E-state index contributed by atoms with van der Waals surface area (Å²) in [6.07, 6.45) is 10.5. The van der Waals surface area contributed by atoms with E-state index in [1.54, 1.807) is 61.0 Å². The Bertz CT molecular complexity index is 674. The Morgan fingerprint density at radius 3 is 1.36 bits per heavy atom. The van der Waals surface area contributed by atoms with Crippen molar-refractivity contribution in [3.05, 3.63) is 72.8 Å². The maximum absolute atomic E-state index is 11.1. The van der Waals surface area contributed by atoms with Crippen LogP contribution in [0.1, 0.15) is 13.8 Å². The number of hydrogen-bond donors (Lipinski definition) is 0. The van der Waals surface area contributed by atoms with Crippen molar-refractivity contribution in [2.24, 2.45) is 9.98 Å². The van der Waals surface area contributed by atoms with Crippen molar-refractivity contribution in [2.45, 2.75) is 13.8 Å². The van der Waals surface area contributed by atoms with E-state index in [1.807, 2.05) is 26.0 Å². The predicted molar refractivity (Wildman–Crippen MR) is 97.7 cm³/mol. The number of rotatable bonds is 4. The fraction of sp³-hybridized carbons (Fsp3) is 0.100. The third-order valence-corrected chi connectivity index (χ3v) is 2.71. The molecule has 2 aromatic rings. The molecule has 0 unspecified atom stereocenters. The minimum absolute atomic E-state index is 0. The maximum Gasteiger partial charge on any atom is 2.00 e. The number of aliphatic imine (C=N–C) groups is 2. The first-order valence-electron chi connectivity index (χ1n) is 7.51. The molecule has 25 heavy (non-hydrogen) atoms. The first-order chi connectivity index (χ1) is 11.7. The molecule has 0 radical (unpaired) electrons. The van der Waals surface area contributed by atoms with Gasteiger partial charge < -0.3 is 10.2 Å². The fourth-order valence-corrected chi connectivity index (χ4v) is 1.55. The van der Waals surface area contributed by atoms with E-state index in [-0.39, 0.29) is 38.8 Å². The van der Waals surface area contributed by atoms with Gasteiger partial charge in [-0.3, -0.25) is 9.98 Å². The molecule has 0 aliphatic carbocycles. The predicted octanol–water partition coefficient (Wildman–Crippen LogP) is 4.07. The van der Waals surface area contributed by atoms with Crippen molar-refractivity contribution in [1.29, 1.82) is 0 Å². The van der Waals surface area contributed by atoms with E-state index in [0.29, 0.717) is 11.4 Å². The molecule has 124 valence electrons. The first kappa shape index (κ1) is 22.8. The number of benzene rings is 2. The van der Waals surface area contributed by atoms with Crippen LogP contribution in [0.25, 0.3) is 0 Å². The molecule has 0 aliphatic heterocycles. The quantitative estimate of drug-likeness (QED) is 0.539. The van der Waals surface area contributed by atoms with Crippen molar-refractivity contribution in [3.8, 4) is 11.5 Å². The molecule has 0 fully saturated rings. The van der Waals surface area contributed by atoms with E-state index in [0.717, 1.165) is 0 Å². The molecule has 0 amide bonds. The summed E-state index contributed by atoms with van der Waals surface area (Å²) in [6, 6.07) is 13.4. The number of nitrogens with zero attached hydrogens (tertiary/aromatic N) is 2. The number of hydrogen-bond acceptors (Lipinski definition) is 4. The Morgan fingerprint density at radius 1 is 0.680 bits per heavy atom. The van der Waals surface area contributed by atoms with E-state index >= 15 is 0 Å². The van der Waals surface area contributed by atoms with Gasteiger partial charge in [-0.1, -0.05) is 60.0 Å². The first-order valence-corrected chi connectivity index (χ1v) is 7.51. The molecule has 0 spiro atoms. The summed E-state index contributed by atoms with van der Waals surface area (Å²) in [5.41, 5.74) is 0.964. The summed E-state index contributed by atoms with van der Waals surface area (Å²) >= 11 is 0. The molecule has 5 heteroatoms. The van der Waals surface area contributed by atoms with E-state index in [2.05, 4.69) is 9.98 Å². The topological polar surface area (TPSA) is 70.8 Å². The zero-order chi connectivity index (χ0) is 17.6. The van der Waals surface area contributed by atoms with Crippen molar-refractivity contribution >= 4 is 23.8 Å². The van der Waals surface area contributed by atoms with Crippen LogP contribution < -0.4 is 10.2 Å². The van der Waals surface area contributed by atoms with Gasteiger partial charge >= 0.3 is 27.3 Å². The second-order valence-electron chi connectivity index (χ2n) is 4.54. The van der Waals surface area contributed by atoms with E-state index in [1.165, 1.54) is 12.1 Å². The van der Waals surface area contributed by atoms with Gasteiger partial charge in [0.05, 0.1) is 11.4 Å². The Balaban J connectivity index is 0.000000443. The monoisotopic (exact) mass is 434 g/mol. The van der Waals surface area contributed by atoms with Gasteiger partial charge in [0.2, 0.25) is 0 Å². The average Bonchev–Trinajstić information content (AvgIpc) is 2.59. The number of para-hydroxylation sites is 4. The molecule has 0 atom stereocenters. The molecule has 0 aliphatic rings. The van der Waals surface area contributed by atoms with Crippen molar-refractivity contribution in [2.75, 3.05) is 0 Å². The molecule has 4 nitrogen and oxygen atoms in total. The van der Waals surface area contributed by atoms with Gasteiger partial charge in [-0.05, 0) is 38.1 Å². The van der Waals surface area contributed by atoms with Gasteiger partial charge in [0.25, 0.3) is 0 Å². The smallest absolute Gasteiger partial charge is 0.871 e. The normalized spacial score (nSPS) is 11.0. The SMILES string of the molecule is C/C=C/C=Nc1ccccc1[O-].C/C=C/C=Nc1ccccc1[O-].[Cd+2]. The van der Waals surface area contributed by atoms with Crippen LogP contribution in [0, 0.1) is 0 Å². The second kappa shape index (κ2) is 14.2.